The molecule has 1 unspecified atom stereocenters. The van der Waals surface area contributed by atoms with Gasteiger partial charge in [0.15, 0.2) is 0 Å². The molecule has 1 fully saturated rings. The quantitative estimate of drug-likeness (QED) is 0.824. The van der Waals surface area contributed by atoms with Gasteiger partial charge < -0.3 is 5.32 Å². The summed E-state index contributed by atoms with van der Waals surface area (Å²) in [5, 5.41) is 3.76. The third kappa shape index (κ3) is 2.86. The number of nitrogens with one attached hydrogen (secondary N) is 1. The molecule has 1 N–H and O–H groups in total. The van der Waals surface area contributed by atoms with Gasteiger partial charge in [0, 0.05) is 12.6 Å². The van der Waals surface area contributed by atoms with Crippen molar-refractivity contribution in [1.82, 2.24) is 5.32 Å². The maximum Gasteiger partial charge on any atom is 0.0292 e. The van der Waals surface area contributed by atoms with Gasteiger partial charge in [-0.15, -0.1) is 0 Å². The number of aryl methyl sites for hydroxylation is 2. The van der Waals surface area contributed by atoms with E-state index < -0.39 is 0 Å². The molecule has 0 aliphatic heterocycles. The van der Waals surface area contributed by atoms with E-state index in [0.29, 0.717) is 11.5 Å². The minimum absolute atomic E-state index is 0.497. The van der Waals surface area contributed by atoms with Crippen LogP contribution in [-0.2, 0) is 12.8 Å². The Morgan fingerprint density at radius 3 is 2.58 bits per heavy atom. The number of rotatable bonds is 5. The Balaban J connectivity index is 1.64. The van der Waals surface area contributed by atoms with E-state index >= 15 is 0 Å². The molecule has 3 rings (SSSR count). The molecular weight excluding hydrogens is 230 g/mol. The summed E-state index contributed by atoms with van der Waals surface area (Å²) in [7, 11) is 0. The molecule has 104 valence electrons. The SMILES string of the molecule is CCC1(CNC(C)c2ccc3c(c2)CCCC3)CC1. The average Bonchev–Trinajstić information content (AvgIpc) is 3.25. The summed E-state index contributed by atoms with van der Waals surface area (Å²) >= 11 is 0. The molecule has 19 heavy (non-hydrogen) atoms. The van der Waals surface area contributed by atoms with Crippen molar-refractivity contribution < 1.29 is 0 Å². The van der Waals surface area contributed by atoms with Gasteiger partial charge in [-0.05, 0) is 74.0 Å². The van der Waals surface area contributed by atoms with E-state index in [4.69, 9.17) is 0 Å². The fourth-order valence-corrected chi connectivity index (χ4v) is 3.34. The molecule has 1 aromatic carbocycles. The first-order valence-corrected chi connectivity index (χ1v) is 8.07. The average molecular weight is 257 g/mol. The summed E-state index contributed by atoms with van der Waals surface area (Å²) in [6.45, 7) is 5.84. The molecule has 0 bridgehead atoms. The van der Waals surface area contributed by atoms with Gasteiger partial charge in [0.1, 0.15) is 0 Å². The van der Waals surface area contributed by atoms with Crippen molar-refractivity contribution in [3.05, 3.63) is 34.9 Å². The largest absolute Gasteiger partial charge is 0.310 e. The molecule has 1 aromatic rings. The van der Waals surface area contributed by atoms with Crippen molar-refractivity contribution in [2.75, 3.05) is 6.54 Å². The molecule has 0 saturated heterocycles. The summed E-state index contributed by atoms with van der Waals surface area (Å²) in [6, 6.07) is 7.66. The standard InChI is InChI=1S/C18H27N/c1-3-18(10-11-18)13-19-14(2)16-9-8-15-6-4-5-7-17(15)12-16/h8-9,12,14,19H,3-7,10-11,13H2,1-2H3. The molecule has 2 aliphatic rings. The Bertz CT molecular complexity index is 445. The second-order valence-corrected chi connectivity index (χ2v) is 6.69. The minimum atomic E-state index is 0.497. The monoisotopic (exact) mass is 257 g/mol. The third-order valence-corrected chi connectivity index (χ3v) is 5.36. The van der Waals surface area contributed by atoms with Gasteiger partial charge in [-0.3, -0.25) is 0 Å². The van der Waals surface area contributed by atoms with Crippen LogP contribution in [0.2, 0.25) is 0 Å². The highest BCUT2D eigenvalue weighted by Gasteiger charge is 2.40. The topological polar surface area (TPSA) is 12.0 Å². The van der Waals surface area contributed by atoms with Gasteiger partial charge in [-0.25, -0.2) is 0 Å². The van der Waals surface area contributed by atoms with Crippen LogP contribution in [0.3, 0.4) is 0 Å². The lowest BCUT2D eigenvalue weighted by atomic mass is 9.89. The van der Waals surface area contributed by atoms with Crippen molar-refractivity contribution in [3.8, 4) is 0 Å². The summed E-state index contributed by atoms with van der Waals surface area (Å²) < 4.78 is 0. The van der Waals surface area contributed by atoms with Gasteiger partial charge in [-0.2, -0.15) is 0 Å². The lowest BCUT2D eigenvalue weighted by Gasteiger charge is -2.22. The van der Waals surface area contributed by atoms with Crippen molar-refractivity contribution in [1.29, 1.82) is 0 Å². The van der Waals surface area contributed by atoms with Crippen LogP contribution in [0, 0.1) is 5.41 Å². The molecular formula is C18H27N. The zero-order valence-electron chi connectivity index (χ0n) is 12.5. The summed E-state index contributed by atoms with van der Waals surface area (Å²) in [6.07, 6.45) is 9.50. The van der Waals surface area contributed by atoms with Gasteiger partial charge >= 0.3 is 0 Å². The lowest BCUT2D eigenvalue weighted by molar-refractivity contribution is 0.415. The van der Waals surface area contributed by atoms with Crippen LogP contribution in [0.5, 0.6) is 0 Å². The molecule has 1 nitrogen and oxygen atoms in total. The van der Waals surface area contributed by atoms with E-state index in [1.807, 2.05) is 0 Å². The van der Waals surface area contributed by atoms with Crippen LogP contribution in [0.15, 0.2) is 18.2 Å². The van der Waals surface area contributed by atoms with Gasteiger partial charge in [0.25, 0.3) is 0 Å². The van der Waals surface area contributed by atoms with E-state index in [2.05, 4.69) is 37.4 Å². The molecule has 0 radical (unpaired) electrons. The predicted octanol–water partition coefficient (Wildman–Crippen LogP) is 4.41. The van der Waals surface area contributed by atoms with E-state index in [1.165, 1.54) is 57.1 Å². The molecule has 1 heteroatoms. The second-order valence-electron chi connectivity index (χ2n) is 6.69. The van der Waals surface area contributed by atoms with E-state index in [0.717, 1.165) is 0 Å². The van der Waals surface area contributed by atoms with Gasteiger partial charge in [0.05, 0.1) is 0 Å². The summed E-state index contributed by atoms with van der Waals surface area (Å²) in [5.74, 6) is 0. The first-order chi connectivity index (χ1) is 9.22. The molecule has 0 heterocycles. The normalized spacial score (nSPS) is 21.8. The third-order valence-electron chi connectivity index (χ3n) is 5.36. The highest BCUT2D eigenvalue weighted by Crippen LogP contribution is 2.48. The zero-order chi connectivity index (χ0) is 13.3. The number of hydrogen-bond donors (Lipinski definition) is 1. The lowest BCUT2D eigenvalue weighted by Crippen LogP contribution is -2.26. The smallest absolute Gasteiger partial charge is 0.0292 e. The Hall–Kier alpha value is -0.820. The highest BCUT2D eigenvalue weighted by molar-refractivity contribution is 5.35. The molecule has 0 aromatic heterocycles. The van der Waals surface area contributed by atoms with Crippen LogP contribution in [-0.4, -0.2) is 6.54 Å². The zero-order valence-corrected chi connectivity index (χ0v) is 12.5. The number of benzene rings is 1. The van der Waals surface area contributed by atoms with Crippen molar-refractivity contribution >= 4 is 0 Å². The Labute approximate surface area is 117 Å². The van der Waals surface area contributed by atoms with Crippen LogP contribution in [0.1, 0.15) is 68.7 Å². The number of hydrogen-bond acceptors (Lipinski definition) is 1. The fourth-order valence-electron chi connectivity index (χ4n) is 3.34. The van der Waals surface area contributed by atoms with Crippen LogP contribution in [0.25, 0.3) is 0 Å². The van der Waals surface area contributed by atoms with Crippen LogP contribution in [0.4, 0.5) is 0 Å². The Morgan fingerprint density at radius 2 is 1.89 bits per heavy atom. The summed E-state index contributed by atoms with van der Waals surface area (Å²) in [5.41, 5.74) is 5.32. The number of fused-ring (bicyclic) bond motifs is 1. The Morgan fingerprint density at radius 1 is 1.16 bits per heavy atom. The van der Waals surface area contributed by atoms with Gasteiger partial charge in [-0.1, -0.05) is 25.1 Å². The molecule has 1 atom stereocenters. The van der Waals surface area contributed by atoms with E-state index in [9.17, 15) is 0 Å². The summed E-state index contributed by atoms with van der Waals surface area (Å²) in [4.78, 5) is 0. The minimum Gasteiger partial charge on any atom is -0.310 e. The van der Waals surface area contributed by atoms with Crippen molar-refractivity contribution in [2.45, 2.75) is 64.8 Å². The first kappa shape index (κ1) is 13.2. The maximum absolute atomic E-state index is 3.76. The van der Waals surface area contributed by atoms with E-state index in [-0.39, 0.29) is 0 Å². The fraction of sp³-hybridized carbons (Fsp3) is 0.667. The van der Waals surface area contributed by atoms with E-state index in [1.54, 1.807) is 11.1 Å². The molecule has 0 spiro atoms. The molecule has 0 amide bonds. The van der Waals surface area contributed by atoms with Gasteiger partial charge in [0.2, 0.25) is 0 Å². The first-order valence-electron chi connectivity index (χ1n) is 8.07. The van der Waals surface area contributed by atoms with Crippen molar-refractivity contribution in [2.24, 2.45) is 5.41 Å². The molecule has 1 saturated carbocycles. The Kier molecular flexibility index (Phi) is 3.66. The van der Waals surface area contributed by atoms with Crippen LogP contribution < -0.4 is 5.32 Å². The van der Waals surface area contributed by atoms with Crippen LogP contribution >= 0.6 is 0 Å². The maximum atomic E-state index is 3.76. The second kappa shape index (κ2) is 5.28. The molecule has 2 aliphatic carbocycles. The predicted molar refractivity (Wildman–Crippen MR) is 81.5 cm³/mol. The highest BCUT2D eigenvalue weighted by atomic mass is 14.9. The van der Waals surface area contributed by atoms with Crippen molar-refractivity contribution in [3.63, 3.8) is 0 Å².